The molecule has 0 saturated carbocycles. The van der Waals surface area contributed by atoms with Gasteiger partial charge in [-0.2, -0.15) is 0 Å². The summed E-state index contributed by atoms with van der Waals surface area (Å²) < 4.78 is 4.89. The minimum Gasteiger partial charge on any atom is -0.385 e. The second kappa shape index (κ2) is 8.54. The molecule has 1 aromatic heterocycles. The number of ether oxygens (including phenoxy) is 1. The van der Waals surface area contributed by atoms with Crippen molar-refractivity contribution in [2.75, 3.05) is 26.8 Å². The van der Waals surface area contributed by atoms with Crippen molar-refractivity contribution >= 4 is 5.91 Å². The van der Waals surface area contributed by atoms with Crippen LogP contribution in [0, 0.1) is 6.92 Å². The summed E-state index contributed by atoms with van der Waals surface area (Å²) in [5.74, 6) is 0.718. The van der Waals surface area contributed by atoms with E-state index < -0.39 is 0 Å². The molecule has 18 heavy (non-hydrogen) atoms. The van der Waals surface area contributed by atoms with E-state index in [0.717, 1.165) is 17.9 Å². The SMILES string of the molecule is COCCCNC(=O)CNCc1ccnc(C)n1. The van der Waals surface area contributed by atoms with Crippen molar-refractivity contribution in [3.63, 3.8) is 0 Å². The summed E-state index contributed by atoms with van der Waals surface area (Å²) in [6.45, 7) is 3.99. The van der Waals surface area contributed by atoms with Gasteiger partial charge in [-0.05, 0) is 19.4 Å². The summed E-state index contributed by atoms with van der Waals surface area (Å²) in [6, 6.07) is 1.83. The van der Waals surface area contributed by atoms with Crippen LogP contribution in [0.15, 0.2) is 12.3 Å². The second-order valence-electron chi connectivity index (χ2n) is 3.90. The number of hydrogen-bond acceptors (Lipinski definition) is 5. The first-order valence-electron chi connectivity index (χ1n) is 5.97. The van der Waals surface area contributed by atoms with Crippen LogP contribution in [0.2, 0.25) is 0 Å². The third-order valence-corrected chi connectivity index (χ3v) is 2.27. The molecule has 0 aliphatic carbocycles. The fourth-order valence-electron chi connectivity index (χ4n) is 1.41. The zero-order valence-electron chi connectivity index (χ0n) is 10.9. The van der Waals surface area contributed by atoms with E-state index in [1.807, 2.05) is 13.0 Å². The minimum atomic E-state index is -0.0168. The van der Waals surface area contributed by atoms with E-state index in [-0.39, 0.29) is 12.5 Å². The van der Waals surface area contributed by atoms with Crippen molar-refractivity contribution in [2.24, 2.45) is 0 Å². The lowest BCUT2D eigenvalue weighted by molar-refractivity contribution is -0.120. The molecule has 0 saturated heterocycles. The van der Waals surface area contributed by atoms with E-state index in [2.05, 4.69) is 20.6 Å². The normalized spacial score (nSPS) is 10.3. The highest BCUT2D eigenvalue weighted by Gasteiger charge is 2.00. The van der Waals surface area contributed by atoms with Gasteiger partial charge in [-0.25, -0.2) is 9.97 Å². The Morgan fingerprint density at radius 2 is 2.33 bits per heavy atom. The molecular weight excluding hydrogens is 232 g/mol. The maximum absolute atomic E-state index is 11.4. The number of amides is 1. The van der Waals surface area contributed by atoms with Crippen LogP contribution in [0.4, 0.5) is 0 Å². The smallest absolute Gasteiger partial charge is 0.233 e. The number of methoxy groups -OCH3 is 1. The fraction of sp³-hybridized carbons (Fsp3) is 0.583. The van der Waals surface area contributed by atoms with Crippen LogP contribution >= 0.6 is 0 Å². The van der Waals surface area contributed by atoms with E-state index in [4.69, 9.17) is 4.74 Å². The van der Waals surface area contributed by atoms with Crippen molar-refractivity contribution in [1.29, 1.82) is 0 Å². The number of hydrogen-bond donors (Lipinski definition) is 2. The van der Waals surface area contributed by atoms with Crippen molar-refractivity contribution in [1.82, 2.24) is 20.6 Å². The van der Waals surface area contributed by atoms with Gasteiger partial charge in [0.1, 0.15) is 5.82 Å². The van der Waals surface area contributed by atoms with Gasteiger partial charge in [-0.1, -0.05) is 0 Å². The Hall–Kier alpha value is -1.53. The van der Waals surface area contributed by atoms with Gasteiger partial charge in [0, 0.05) is 33.0 Å². The summed E-state index contributed by atoms with van der Waals surface area (Å²) in [6.07, 6.45) is 2.54. The van der Waals surface area contributed by atoms with E-state index in [0.29, 0.717) is 19.7 Å². The van der Waals surface area contributed by atoms with E-state index in [1.165, 1.54) is 0 Å². The number of aryl methyl sites for hydroxylation is 1. The highest BCUT2D eigenvalue weighted by molar-refractivity contribution is 5.77. The molecule has 0 fully saturated rings. The average Bonchev–Trinajstić information content (AvgIpc) is 2.35. The predicted molar refractivity (Wildman–Crippen MR) is 68.0 cm³/mol. The van der Waals surface area contributed by atoms with Gasteiger partial charge in [0.25, 0.3) is 0 Å². The van der Waals surface area contributed by atoms with Crippen molar-refractivity contribution in [3.05, 3.63) is 23.8 Å². The number of nitrogens with zero attached hydrogens (tertiary/aromatic N) is 2. The maximum atomic E-state index is 11.4. The van der Waals surface area contributed by atoms with Crippen LogP contribution in [-0.2, 0) is 16.1 Å². The standard InChI is InChI=1S/C12H20N4O2/c1-10-14-6-4-11(16-10)8-13-9-12(17)15-5-3-7-18-2/h4,6,13H,3,5,7-9H2,1-2H3,(H,15,17). The first-order chi connectivity index (χ1) is 8.72. The Morgan fingerprint density at radius 1 is 1.50 bits per heavy atom. The molecule has 0 radical (unpaired) electrons. The number of carbonyl (C=O) groups excluding carboxylic acids is 1. The molecule has 0 aliphatic rings. The molecule has 0 aromatic carbocycles. The van der Waals surface area contributed by atoms with Crippen molar-refractivity contribution in [2.45, 2.75) is 19.9 Å². The number of rotatable bonds is 8. The molecule has 0 atom stereocenters. The molecule has 0 spiro atoms. The van der Waals surface area contributed by atoms with Crippen LogP contribution in [0.25, 0.3) is 0 Å². The third-order valence-electron chi connectivity index (χ3n) is 2.27. The van der Waals surface area contributed by atoms with Crippen LogP contribution in [-0.4, -0.2) is 42.7 Å². The molecule has 6 heteroatoms. The fourth-order valence-corrected chi connectivity index (χ4v) is 1.41. The summed E-state index contributed by atoms with van der Waals surface area (Å²) in [5.41, 5.74) is 0.884. The Labute approximate surface area is 107 Å². The quantitative estimate of drug-likeness (QED) is 0.638. The highest BCUT2D eigenvalue weighted by atomic mass is 16.5. The van der Waals surface area contributed by atoms with Gasteiger partial charge >= 0.3 is 0 Å². The summed E-state index contributed by atoms with van der Waals surface area (Å²) >= 11 is 0. The Bertz CT molecular complexity index is 371. The van der Waals surface area contributed by atoms with E-state index >= 15 is 0 Å². The largest absolute Gasteiger partial charge is 0.385 e. The molecular formula is C12H20N4O2. The van der Waals surface area contributed by atoms with Gasteiger partial charge in [0.05, 0.1) is 12.2 Å². The summed E-state index contributed by atoms with van der Waals surface area (Å²) in [4.78, 5) is 19.7. The molecule has 1 rings (SSSR count). The highest BCUT2D eigenvalue weighted by Crippen LogP contribution is 1.93. The van der Waals surface area contributed by atoms with Crippen LogP contribution in [0.1, 0.15) is 17.9 Å². The van der Waals surface area contributed by atoms with Gasteiger partial charge < -0.3 is 15.4 Å². The van der Waals surface area contributed by atoms with Crippen LogP contribution in [0.5, 0.6) is 0 Å². The van der Waals surface area contributed by atoms with E-state index in [9.17, 15) is 4.79 Å². The van der Waals surface area contributed by atoms with Gasteiger partial charge in [0.15, 0.2) is 0 Å². The molecule has 1 amide bonds. The minimum absolute atomic E-state index is 0.0168. The lowest BCUT2D eigenvalue weighted by Crippen LogP contribution is -2.34. The lowest BCUT2D eigenvalue weighted by Gasteiger charge is -2.06. The molecule has 0 unspecified atom stereocenters. The van der Waals surface area contributed by atoms with Gasteiger partial charge in [0.2, 0.25) is 5.91 Å². The summed E-state index contributed by atoms with van der Waals surface area (Å²) in [7, 11) is 1.65. The first kappa shape index (κ1) is 14.5. The predicted octanol–water partition coefficient (Wildman–Crippen LogP) is 0.0273. The first-order valence-corrected chi connectivity index (χ1v) is 5.97. The molecule has 0 bridgehead atoms. The number of carbonyl (C=O) groups is 1. The van der Waals surface area contributed by atoms with Gasteiger partial charge in [-0.15, -0.1) is 0 Å². The molecule has 100 valence electrons. The van der Waals surface area contributed by atoms with Crippen molar-refractivity contribution in [3.8, 4) is 0 Å². The second-order valence-corrected chi connectivity index (χ2v) is 3.90. The Morgan fingerprint density at radius 3 is 3.06 bits per heavy atom. The number of aromatic nitrogens is 2. The van der Waals surface area contributed by atoms with Gasteiger partial charge in [-0.3, -0.25) is 4.79 Å². The Balaban J connectivity index is 2.12. The van der Waals surface area contributed by atoms with Crippen LogP contribution < -0.4 is 10.6 Å². The molecule has 1 aromatic rings. The average molecular weight is 252 g/mol. The monoisotopic (exact) mass is 252 g/mol. The molecule has 0 aliphatic heterocycles. The topological polar surface area (TPSA) is 76.1 Å². The zero-order chi connectivity index (χ0) is 13.2. The maximum Gasteiger partial charge on any atom is 0.233 e. The van der Waals surface area contributed by atoms with Crippen molar-refractivity contribution < 1.29 is 9.53 Å². The number of nitrogens with one attached hydrogen (secondary N) is 2. The lowest BCUT2D eigenvalue weighted by atomic mass is 10.4. The molecule has 6 nitrogen and oxygen atoms in total. The Kier molecular flexibility index (Phi) is 6.90. The van der Waals surface area contributed by atoms with Crippen LogP contribution in [0.3, 0.4) is 0 Å². The van der Waals surface area contributed by atoms with E-state index in [1.54, 1.807) is 13.3 Å². The molecule has 1 heterocycles. The third kappa shape index (κ3) is 6.27. The zero-order valence-corrected chi connectivity index (χ0v) is 10.9. The summed E-state index contributed by atoms with van der Waals surface area (Å²) in [5, 5.41) is 5.84. The molecule has 2 N–H and O–H groups in total.